The molecule has 1 aliphatic heterocycles. The van der Waals surface area contributed by atoms with Gasteiger partial charge in [0.2, 0.25) is 0 Å². The standard InChI is InChI=1S/C18H20BrN3O2/c19-15-5-3-14(4-6-15)18(24)21-16-2-1-9-20-17(16)22-10-7-13(12-23)8-11-22/h1-6,9,13,23H,7-8,10-12H2,(H,21,24). The molecule has 0 bridgehead atoms. The Kier molecular flexibility index (Phi) is 5.48. The first-order valence-corrected chi connectivity index (χ1v) is 8.84. The summed E-state index contributed by atoms with van der Waals surface area (Å²) in [6.45, 7) is 1.91. The predicted octanol–water partition coefficient (Wildman–Crippen LogP) is 3.31. The number of halogens is 1. The first kappa shape index (κ1) is 16.9. The van der Waals surface area contributed by atoms with Crippen LogP contribution in [0, 0.1) is 5.92 Å². The molecule has 1 amide bonds. The largest absolute Gasteiger partial charge is 0.396 e. The van der Waals surface area contributed by atoms with Crippen molar-refractivity contribution in [1.82, 2.24) is 4.98 Å². The van der Waals surface area contributed by atoms with Crippen molar-refractivity contribution < 1.29 is 9.90 Å². The summed E-state index contributed by atoms with van der Waals surface area (Å²) < 4.78 is 0.938. The van der Waals surface area contributed by atoms with Crippen molar-refractivity contribution in [2.24, 2.45) is 5.92 Å². The normalized spacial score (nSPS) is 15.3. The van der Waals surface area contributed by atoms with Gasteiger partial charge < -0.3 is 15.3 Å². The number of rotatable bonds is 4. The van der Waals surface area contributed by atoms with Crippen molar-refractivity contribution in [3.8, 4) is 0 Å². The Balaban J connectivity index is 1.74. The van der Waals surface area contributed by atoms with E-state index in [4.69, 9.17) is 0 Å². The molecule has 0 unspecified atom stereocenters. The van der Waals surface area contributed by atoms with Crippen molar-refractivity contribution in [2.45, 2.75) is 12.8 Å². The Bertz CT molecular complexity index is 698. The number of anilines is 2. The third-order valence-electron chi connectivity index (χ3n) is 4.31. The molecular formula is C18H20BrN3O2. The van der Waals surface area contributed by atoms with Crippen LogP contribution in [0.15, 0.2) is 47.1 Å². The van der Waals surface area contributed by atoms with Crippen LogP contribution < -0.4 is 10.2 Å². The fraction of sp³-hybridized carbons (Fsp3) is 0.333. The molecule has 2 N–H and O–H groups in total. The van der Waals surface area contributed by atoms with E-state index in [9.17, 15) is 9.90 Å². The summed E-state index contributed by atoms with van der Waals surface area (Å²) >= 11 is 3.37. The second-order valence-electron chi connectivity index (χ2n) is 5.95. The van der Waals surface area contributed by atoms with Gasteiger partial charge in [-0.1, -0.05) is 15.9 Å². The second kappa shape index (κ2) is 7.77. The van der Waals surface area contributed by atoms with Gasteiger partial charge in [0.05, 0.1) is 5.69 Å². The summed E-state index contributed by atoms with van der Waals surface area (Å²) in [6, 6.07) is 10.9. The maximum Gasteiger partial charge on any atom is 0.255 e. The van der Waals surface area contributed by atoms with Crippen molar-refractivity contribution in [3.05, 3.63) is 52.6 Å². The maximum absolute atomic E-state index is 12.5. The Morgan fingerprint density at radius 2 is 1.96 bits per heavy atom. The quantitative estimate of drug-likeness (QED) is 0.841. The molecule has 1 aromatic carbocycles. The number of aliphatic hydroxyl groups excluding tert-OH is 1. The number of amides is 1. The van der Waals surface area contributed by atoms with E-state index in [1.54, 1.807) is 18.3 Å². The van der Waals surface area contributed by atoms with Gasteiger partial charge in [0, 0.05) is 35.9 Å². The lowest BCUT2D eigenvalue weighted by atomic mass is 9.98. The van der Waals surface area contributed by atoms with Crippen LogP contribution >= 0.6 is 15.9 Å². The number of benzene rings is 1. The molecular weight excluding hydrogens is 370 g/mol. The highest BCUT2D eigenvalue weighted by Gasteiger charge is 2.22. The van der Waals surface area contributed by atoms with E-state index in [0.717, 1.165) is 36.2 Å². The molecule has 0 spiro atoms. The molecule has 1 aliphatic rings. The summed E-state index contributed by atoms with van der Waals surface area (Å²) in [5, 5.41) is 12.2. The SMILES string of the molecule is O=C(Nc1cccnc1N1CCC(CO)CC1)c1ccc(Br)cc1. The molecule has 1 fully saturated rings. The fourth-order valence-corrected chi connectivity index (χ4v) is 3.13. The Morgan fingerprint density at radius 3 is 2.62 bits per heavy atom. The van der Waals surface area contributed by atoms with Gasteiger partial charge in [-0.15, -0.1) is 0 Å². The molecule has 0 atom stereocenters. The number of aliphatic hydroxyl groups is 1. The number of aromatic nitrogens is 1. The molecule has 3 rings (SSSR count). The van der Waals surface area contributed by atoms with Crippen molar-refractivity contribution in [3.63, 3.8) is 0 Å². The highest BCUT2D eigenvalue weighted by Crippen LogP contribution is 2.28. The Labute approximate surface area is 149 Å². The van der Waals surface area contributed by atoms with E-state index in [2.05, 4.69) is 31.1 Å². The lowest BCUT2D eigenvalue weighted by molar-refractivity contribution is 0.102. The van der Waals surface area contributed by atoms with Crippen LogP contribution in [0.25, 0.3) is 0 Å². The van der Waals surface area contributed by atoms with Crippen LogP contribution in [0.1, 0.15) is 23.2 Å². The molecule has 0 aliphatic carbocycles. The van der Waals surface area contributed by atoms with E-state index in [1.807, 2.05) is 24.3 Å². The number of piperidine rings is 1. The van der Waals surface area contributed by atoms with Crippen molar-refractivity contribution in [1.29, 1.82) is 0 Å². The molecule has 6 heteroatoms. The average molecular weight is 390 g/mol. The molecule has 1 saturated heterocycles. The van der Waals surface area contributed by atoms with Gasteiger partial charge in [-0.3, -0.25) is 4.79 Å². The van der Waals surface area contributed by atoms with Crippen LogP contribution in [0.5, 0.6) is 0 Å². The van der Waals surface area contributed by atoms with E-state index < -0.39 is 0 Å². The molecule has 24 heavy (non-hydrogen) atoms. The summed E-state index contributed by atoms with van der Waals surface area (Å²) in [7, 11) is 0. The van der Waals surface area contributed by atoms with Gasteiger partial charge in [0.1, 0.15) is 0 Å². The maximum atomic E-state index is 12.5. The zero-order valence-corrected chi connectivity index (χ0v) is 14.9. The molecule has 2 heterocycles. The third-order valence-corrected chi connectivity index (χ3v) is 4.84. The zero-order chi connectivity index (χ0) is 16.9. The Hall–Kier alpha value is -1.92. The lowest BCUT2D eigenvalue weighted by Gasteiger charge is -2.33. The highest BCUT2D eigenvalue weighted by atomic mass is 79.9. The van der Waals surface area contributed by atoms with E-state index in [1.165, 1.54) is 0 Å². The van der Waals surface area contributed by atoms with Gasteiger partial charge >= 0.3 is 0 Å². The molecule has 0 saturated carbocycles. The number of nitrogens with one attached hydrogen (secondary N) is 1. The van der Waals surface area contributed by atoms with Crippen LogP contribution in [0.2, 0.25) is 0 Å². The summed E-state index contributed by atoms with van der Waals surface area (Å²) in [5.74, 6) is 1.01. The number of carbonyl (C=O) groups excluding carboxylic acids is 1. The average Bonchev–Trinajstić information content (AvgIpc) is 2.63. The van der Waals surface area contributed by atoms with Crippen molar-refractivity contribution >= 4 is 33.3 Å². The number of pyridine rings is 1. The van der Waals surface area contributed by atoms with Crippen LogP contribution in [0.4, 0.5) is 11.5 Å². The number of hydrogen-bond donors (Lipinski definition) is 2. The molecule has 0 radical (unpaired) electrons. The van der Waals surface area contributed by atoms with Crippen LogP contribution in [0.3, 0.4) is 0 Å². The molecule has 5 nitrogen and oxygen atoms in total. The highest BCUT2D eigenvalue weighted by molar-refractivity contribution is 9.10. The summed E-state index contributed by atoms with van der Waals surface area (Å²) in [6.07, 6.45) is 3.61. The Morgan fingerprint density at radius 1 is 1.25 bits per heavy atom. The summed E-state index contributed by atoms with van der Waals surface area (Å²) in [4.78, 5) is 19.1. The first-order valence-electron chi connectivity index (χ1n) is 8.05. The summed E-state index contributed by atoms with van der Waals surface area (Å²) in [5.41, 5.74) is 1.32. The molecule has 2 aromatic rings. The van der Waals surface area contributed by atoms with Gasteiger partial charge in [-0.2, -0.15) is 0 Å². The molecule has 1 aromatic heterocycles. The van der Waals surface area contributed by atoms with Gasteiger partial charge in [0.15, 0.2) is 5.82 Å². The minimum absolute atomic E-state index is 0.151. The van der Waals surface area contributed by atoms with E-state index in [-0.39, 0.29) is 12.5 Å². The van der Waals surface area contributed by atoms with Gasteiger partial charge in [-0.25, -0.2) is 4.98 Å². The number of carbonyl (C=O) groups is 1. The van der Waals surface area contributed by atoms with Gasteiger partial charge in [-0.05, 0) is 55.2 Å². The van der Waals surface area contributed by atoms with E-state index in [0.29, 0.717) is 17.2 Å². The minimum atomic E-state index is -0.151. The number of hydrogen-bond acceptors (Lipinski definition) is 4. The second-order valence-corrected chi connectivity index (χ2v) is 6.86. The lowest BCUT2D eigenvalue weighted by Crippen LogP contribution is -2.35. The smallest absolute Gasteiger partial charge is 0.255 e. The fourth-order valence-electron chi connectivity index (χ4n) is 2.87. The topological polar surface area (TPSA) is 65.5 Å². The van der Waals surface area contributed by atoms with Crippen LogP contribution in [-0.4, -0.2) is 35.7 Å². The monoisotopic (exact) mass is 389 g/mol. The molecule has 126 valence electrons. The van der Waals surface area contributed by atoms with Gasteiger partial charge in [0.25, 0.3) is 5.91 Å². The van der Waals surface area contributed by atoms with E-state index >= 15 is 0 Å². The number of nitrogens with zero attached hydrogens (tertiary/aromatic N) is 2. The van der Waals surface area contributed by atoms with Crippen molar-refractivity contribution in [2.75, 3.05) is 29.9 Å². The third kappa shape index (κ3) is 3.94. The first-order chi connectivity index (χ1) is 11.7. The predicted molar refractivity (Wildman–Crippen MR) is 98.4 cm³/mol. The zero-order valence-electron chi connectivity index (χ0n) is 13.3. The van der Waals surface area contributed by atoms with Crippen LogP contribution in [-0.2, 0) is 0 Å². The minimum Gasteiger partial charge on any atom is -0.396 e.